The summed E-state index contributed by atoms with van der Waals surface area (Å²) in [6, 6.07) is 0. The minimum absolute atomic E-state index is 0.0857. The highest BCUT2D eigenvalue weighted by molar-refractivity contribution is 5.70. The molecule has 0 bridgehead atoms. The van der Waals surface area contributed by atoms with Gasteiger partial charge in [0, 0.05) is 19.4 Å². The van der Waals surface area contributed by atoms with Gasteiger partial charge in [-0.15, -0.1) is 0 Å². The molecule has 0 saturated heterocycles. The summed E-state index contributed by atoms with van der Waals surface area (Å²) >= 11 is 0. The van der Waals surface area contributed by atoms with Crippen molar-refractivity contribution in [2.75, 3.05) is 19.8 Å². The van der Waals surface area contributed by atoms with Crippen molar-refractivity contribution < 1.29 is 23.8 Å². The Morgan fingerprint density at radius 2 is 0.750 bits per heavy atom. The SMILES string of the molecule is CCCCC/C=C\C/C=C\CCCCCCCC(=O)OC(COCCCCCCCC)COC(=O)CCCCCCCCCCCCCCCCCCCCC. The molecule has 330 valence electrons. The maximum Gasteiger partial charge on any atom is 0.306 e. The van der Waals surface area contributed by atoms with Gasteiger partial charge in [0.2, 0.25) is 0 Å². The first kappa shape index (κ1) is 54.4. The van der Waals surface area contributed by atoms with Crippen molar-refractivity contribution in [1.29, 1.82) is 0 Å². The van der Waals surface area contributed by atoms with Gasteiger partial charge >= 0.3 is 11.9 Å². The fourth-order valence-corrected chi connectivity index (χ4v) is 7.25. The van der Waals surface area contributed by atoms with E-state index in [1.807, 2.05) is 0 Å². The molecule has 0 N–H and O–H groups in total. The molecule has 1 atom stereocenters. The molecule has 0 amide bonds. The third-order valence-corrected chi connectivity index (χ3v) is 11.0. The number of rotatable bonds is 46. The van der Waals surface area contributed by atoms with Gasteiger partial charge in [-0.05, 0) is 51.4 Å². The van der Waals surface area contributed by atoms with Crippen molar-refractivity contribution in [3.8, 4) is 0 Å². The fraction of sp³-hybridized carbons (Fsp3) is 0.882. The van der Waals surface area contributed by atoms with Crippen LogP contribution >= 0.6 is 0 Å². The molecule has 0 aliphatic rings. The monoisotopic (exact) mass is 789 g/mol. The molecule has 5 heteroatoms. The second kappa shape index (κ2) is 47.8. The summed E-state index contributed by atoms with van der Waals surface area (Å²) in [6.45, 7) is 7.79. The summed E-state index contributed by atoms with van der Waals surface area (Å²) in [5.41, 5.74) is 0. The van der Waals surface area contributed by atoms with Crippen LogP contribution in [0.1, 0.15) is 265 Å². The van der Waals surface area contributed by atoms with Gasteiger partial charge in [-0.1, -0.05) is 225 Å². The minimum atomic E-state index is -0.533. The molecule has 0 aliphatic carbocycles. The van der Waals surface area contributed by atoms with Crippen LogP contribution in [0.5, 0.6) is 0 Å². The van der Waals surface area contributed by atoms with Crippen LogP contribution in [0.15, 0.2) is 24.3 Å². The minimum Gasteiger partial charge on any atom is -0.462 e. The zero-order valence-electron chi connectivity index (χ0n) is 37.9. The molecule has 5 nitrogen and oxygen atoms in total. The molecular formula is C51H96O5. The van der Waals surface area contributed by atoms with Crippen molar-refractivity contribution in [2.45, 2.75) is 271 Å². The van der Waals surface area contributed by atoms with E-state index in [-0.39, 0.29) is 25.2 Å². The van der Waals surface area contributed by atoms with Crippen LogP contribution in [0.2, 0.25) is 0 Å². The Balaban J connectivity index is 4.04. The van der Waals surface area contributed by atoms with Gasteiger partial charge in [0.05, 0.1) is 6.61 Å². The van der Waals surface area contributed by atoms with Crippen LogP contribution in [-0.2, 0) is 23.8 Å². The normalized spacial score (nSPS) is 12.3. The van der Waals surface area contributed by atoms with E-state index in [4.69, 9.17) is 14.2 Å². The number of hydrogen-bond donors (Lipinski definition) is 0. The van der Waals surface area contributed by atoms with E-state index >= 15 is 0 Å². The molecule has 0 spiro atoms. The third-order valence-electron chi connectivity index (χ3n) is 11.0. The first-order valence-electron chi connectivity index (χ1n) is 24.9. The molecule has 0 aliphatic heterocycles. The molecule has 0 radical (unpaired) electrons. The Bertz CT molecular complexity index is 851. The standard InChI is InChI=1S/C51H96O5/c1-4-7-10-13-16-18-20-22-24-25-26-27-29-30-32-34-36-38-41-44-50(52)55-48-49(47-54-46-43-40-15-12-9-6-3)56-51(53)45-42-39-37-35-33-31-28-23-21-19-17-14-11-8-5-2/h17,19,23,28,49H,4-16,18,20-22,24-27,29-48H2,1-3H3/b19-17-,28-23-. The number of esters is 2. The lowest BCUT2D eigenvalue weighted by atomic mass is 10.0. The molecule has 0 aromatic heterocycles. The van der Waals surface area contributed by atoms with Gasteiger partial charge < -0.3 is 14.2 Å². The summed E-state index contributed by atoms with van der Waals surface area (Å²) in [7, 11) is 0. The molecular weight excluding hydrogens is 693 g/mol. The van der Waals surface area contributed by atoms with E-state index in [1.54, 1.807) is 0 Å². The molecule has 56 heavy (non-hydrogen) atoms. The average molecular weight is 789 g/mol. The van der Waals surface area contributed by atoms with Crippen LogP contribution in [-0.4, -0.2) is 37.9 Å². The molecule has 1 unspecified atom stereocenters. The highest BCUT2D eigenvalue weighted by atomic mass is 16.6. The number of ether oxygens (including phenoxy) is 3. The highest BCUT2D eigenvalue weighted by Gasteiger charge is 2.17. The van der Waals surface area contributed by atoms with Crippen LogP contribution in [0.4, 0.5) is 0 Å². The molecule has 0 fully saturated rings. The van der Waals surface area contributed by atoms with E-state index in [2.05, 4.69) is 45.1 Å². The predicted octanol–water partition coefficient (Wildman–Crippen LogP) is 16.5. The first-order chi connectivity index (χ1) is 27.6. The number of carbonyl (C=O) groups excluding carboxylic acids is 2. The Labute approximate surface area is 349 Å². The quantitative estimate of drug-likeness (QED) is 0.0349. The molecule has 0 saturated carbocycles. The maximum atomic E-state index is 12.7. The number of hydrogen-bond acceptors (Lipinski definition) is 5. The Hall–Kier alpha value is -1.62. The van der Waals surface area contributed by atoms with Crippen molar-refractivity contribution in [1.82, 2.24) is 0 Å². The fourth-order valence-electron chi connectivity index (χ4n) is 7.25. The van der Waals surface area contributed by atoms with E-state index in [0.717, 1.165) is 57.8 Å². The van der Waals surface area contributed by atoms with Gasteiger partial charge in [-0.2, -0.15) is 0 Å². The van der Waals surface area contributed by atoms with Gasteiger partial charge in [0.25, 0.3) is 0 Å². The van der Waals surface area contributed by atoms with E-state index in [1.165, 1.54) is 173 Å². The first-order valence-corrected chi connectivity index (χ1v) is 24.9. The van der Waals surface area contributed by atoms with Crippen molar-refractivity contribution in [3.63, 3.8) is 0 Å². The number of carbonyl (C=O) groups is 2. The highest BCUT2D eigenvalue weighted by Crippen LogP contribution is 2.16. The van der Waals surface area contributed by atoms with Crippen molar-refractivity contribution in [3.05, 3.63) is 24.3 Å². The van der Waals surface area contributed by atoms with Gasteiger partial charge in [0.1, 0.15) is 6.61 Å². The van der Waals surface area contributed by atoms with Crippen molar-refractivity contribution >= 4 is 11.9 Å². The van der Waals surface area contributed by atoms with Gasteiger partial charge in [-0.3, -0.25) is 9.59 Å². The zero-order chi connectivity index (χ0) is 40.7. The summed E-state index contributed by atoms with van der Waals surface area (Å²) in [5, 5.41) is 0. The third kappa shape index (κ3) is 45.1. The maximum absolute atomic E-state index is 12.7. The van der Waals surface area contributed by atoms with Crippen molar-refractivity contribution in [2.24, 2.45) is 0 Å². The Morgan fingerprint density at radius 3 is 1.21 bits per heavy atom. The largest absolute Gasteiger partial charge is 0.462 e. The van der Waals surface area contributed by atoms with Crippen LogP contribution in [0.25, 0.3) is 0 Å². The lowest BCUT2D eigenvalue weighted by Crippen LogP contribution is -2.30. The van der Waals surface area contributed by atoms with E-state index in [0.29, 0.717) is 19.4 Å². The lowest BCUT2D eigenvalue weighted by molar-refractivity contribution is -0.163. The zero-order valence-corrected chi connectivity index (χ0v) is 37.9. The second-order valence-corrected chi connectivity index (χ2v) is 16.7. The molecule has 0 aromatic rings. The second-order valence-electron chi connectivity index (χ2n) is 16.7. The summed E-state index contributed by atoms with van der Waals surface area (Å²) in [6.07, 6.45) is 54.8. The lowest BCUT2D eigenvalue weighted by Gasteiger charge is -2.18. The predicted molar refractivity (Wildman–Crippen MR) is 242 cm³/mol. The molecule has 0 rings (SSSR count). The van der Waals surface area contributed by atoms with Gasteiger partial charge in [0.15, 0.2) is 6.10 Å². The molecule has 0 heterocycles. The topological polar surface area (TPSA) is 61.8 Å². The van der Waals surface area contributed by atoms with E-state index in [9.17, 15) is 9.59 Å². The summed E-state index contributed by atoms with van der Waals surface area (Å²) in [4.78, 5) is 25.2. The summed E-state index contributed by atoms with van der Waals surface area (Å²) < 4.78 is 17.3. The van der Waals surface area contributed by atoms with Gasteiger partial charge in [-0.25, -0.2) is 0 Å². The van der Waals surface area contributed by atoms with Crippen LogP contribution < -0.4 is 0 Å². The Morgan fingerprint density at radius 1 is 0.393 bits per heavy atom. The Kier molecular flexibility index (Phi) is 46.4. The summed E-state index contributed by atoms with van der Waals surface area (Å²) in [5.74, 6) is -0.402. The van der Waals surface area contributed by atoms with Crippen LogP contribution in [0, 0.1) is 0 Å². The van der Waals surface area contributed by atoms with E-state index < -0.39 is 6.10 Å². The number of allylic oxidation sites excluding steroid dienone is 4. The van der Waals surface area contributed by atoms with Crippen LogP contribution in [0.3, 0.4) is 0 Å². The average Bonchev–Trinajstić information content (AvgIpc) is 3.20. The molecule has 0 aromatic carbocycles. The number of unbranched alkanes of at least 4 members (excludes halogenated alkanes) is 31. The smallest absolute Gasteiger partial charge is 0.306 e.